The SMILES string of the molecule is CC1CC1c1ccc(N)nc1. The number of anilines is 1. The maximum absolute atomic E-state index is 5.47. The Bertz CT molecular complexity index is 253. The average Bonchev–Trinajstić information content (AvgIpc) is 2.69. The average molecular weight is 148 g/mol. The van der Waals surface area contributed by atoms with Gasteiger partial charge in [-0.15, -0.1) is 0 Å². The summed E-state index contributed by atoms with van der Waals surface area (Å²) in [6, 6.07) is 3.96. The van der Waals surface area contributed by atoms with E-state index >= 15 is 0 Å². The first kappa shape index (κ1) is 6.65. The van der Waals surface area contributed by atoms with Gasteiger partial charge in [0, 0.05) is 6.20 Å². The molecule has 2 N–H and O–H groups in total. The van der Waals surface area contributed by atoms with Crippen molar-refractivity contribution in [2.24, 2.45) is 5.92 Å². The van der Waals surface area contributed by atoms with Crippen LogP contribution in [0.2, 0.25) is 0 Å². The highest BCUT2D eigenvalue weighted by Gasteiger charge is 2.33. The molecule has 1 fully saturated rings. The van der Waals surface area contributed by atoms with Crippen molar-refractivity contribution in [1.82, 2.24) is 4.98 Å². The summed E-state index contributed by atoms with van der Waals surface area (Å²) in [7, 11) is 0. The van der Waals surface area contributed by atoms with Gasteiger partial charge in [-0.25, -0.2) is 4.98 Å². The van der Waals surface area contributed by atoms with E-state index in [2.05, 4.69) is 18.0 Å². The molecule has 0 radical (unpaired) electrons. The number of hydrogen-bond donors (Lipinski definition) is 1. The van der Waals surface area contributed by atoms with E-state index < -0.39 is 0 Å². The molecule has 2 rings (SSSR count). The number of pyridine rings is 1. The molecular formula is C9H12N2. The van der Waals surface area contributed by atoms with Crippen LogP contribution in [0, 0.1) is 5.92 Å². The van der Waals surface area contributed by atoms with Gasteiger partial charge < -0.3 is 5.73 Å². The molecule has 58 valence electrons. The van der Waals surface area contributed by atoms with Crippen LogP contribution in [0.3, 0.4) is 0 Å². The second-order valence-corrected chi connectivity index (χ2v) is 3.34. The minimum absolute atomic E-state index is 0.613. The van der Waals surface area contributed by atoms with Gasteiger partial charge in [-0.05, 0) is 29.9 Å². The van der Waals surface area contributed by atoms with Gasteiger partial charge in [0.25, 0.3) is 0 Å². The molecule has 2 unspecified atom stereocenters. The van der Waals surface area contributed by atoms with Gasteiger partial charge in [-0.3, -0.25) is 0 Å². The highest BCUT2D eigenvalue weighted by Crippen LogP contribution is 2.46. The van der Waals surface area contributed by atoms with Gasteiger partial charge in [0.2, 0.25) is 0 Å². The summed E-state index contributed by atoms with van der Waals surface area (Å²) >= 11 is 0. The Morgan fingerprint density at radius 3 is 2.73 bits per heavy atom. The molecule has 1 aromatic rings. The predicted octanol–water partition coefficient (Wildman–Crippen LogP) is 1.79. The molecular weight excluding hydrogens is 136 g/mol. The highest BCUT2D eigenvalue weighted by molar-refractivity contribution is 5.32. The fourth-order valence-corrected chi connectivity index (χ4v) is 1.42. The van der Waals surface area contributed by atoms with Crippen LogP contribution in [0.25, 0.3) is 0 Å². The molecule has 1 aliphatic carbocycles. The van der Waals surface area contributed by atoms with Crippen molar-refractivity contribution in [2.45, 2.75) is 19.3 Å². The van der Waals surface area contributed by atoms with E-state index in [1.807, 2.05) is 12.3 Å². The Hall–Kier alpha value is -1.05. The van der Waals surface area contributed by atoms with Crippen LogP contribution < -0.4 is 5.73 Å². The first-order valence-corrected chi connectivity index (χ1v) is 3.99. The Morgan fingerprint density at radius 2 is 2.27 bits per heavy atom. The summed E-state index contributed by atoms with van der Waals surface area (Å²) < 4.78 is 0. The van der Waals surface area contributed by atoms with Gasteiger partial charge >= 0.3 is 0 Å². The summed E-state index contributed by atoms with van der Waals surface area (Å²) in [5.74, 6) is 2.21. The molecule has 0 aliphatic heterocycles. The molecule has 2 atom stereocenters. The zero-order valence-corrected chi connectivity index (χ0v) is 6.62. The zero-order chi connectivity index (χ0) is 7.84. The summed E-state index contributed by atoms with van der Waals surface area (Å²) in [4.78, 5) is 4.05. The highest BCUT2D eigenvalue weighted by atomic mass is 14.8. The third-order valence-electron chi connectivity index (χ3n) is 2.35. The molecule has 0 spiro atoms. The van der Waals surface area contributed by atoms with Crippen molar-refractivity contribution in [1.29, 1.82) is 0 Å². The molecule has 11 heavy (non-hydrogen) atoms. The molecule has 2 heteroatoms. The normalized spacial score (nSPS) is 28.5. The molecule has 0 amide bonds. The van der Waals surface area contributed by atoms with Crippen LogP contribution >= 0.6 is 0 Å². The lowest BCUT2D eigenvalue weighted by molar-refractivity contribution is 0.910. The van der Waals surface area contributed by atoms with Crippen molar-refractivity contribution >= 4 is 5.82 Å². The van der Waals surface area contributed by atoms with Crippen molar-refractivity contribution in [2.75, 3.05) is 5.73 Å². The molecule has 0 saturated heterocycles. The Morgan fingerprint density at radius 1 is 1.55 bits per heavy atom. The van der Waals surface area contributed by atoms with Crippen molar-refractivity contribution in [3.05, 3.63) is 23.9 Å². The van der Waals surface area contributed by atoms with E-state index in [4.69, 9.17) is 5.73 Å². The quantitative estimate of drug-likeness (QED) is 0.659. The molecule has 1 saturated carbocycles. The van der Waals surface area contributed by atoms with Crippen LogP contribution in [0.15, 0.2) is 18.3 Å². The fraction of sp³-hybridized carbons (Fsp3) is 0.444. The molecule has 0 bridgehead atoms. The lowest BCUT2D eigenvalue weighted by Crippen LogP contribution is -1.90. The summed E-state index contributed by atoms with van der Waals surface area (Å²) in [6.45, 7) is 2.26. The van der Waals surface area contributed by atoms with Crippen LogP contribution in [0.1, 0.15) is 24.8 Å². The summed E-state index contributed by atoms with van der Waals surface area (Å²) in [6.07, 6.45) is 3.20. The van der Waals surface area contributed by atoms with Crippen LogP contribution in [-0.2, 0) is 0 Å². The van der Waals surface area contributed by atoms with E-state index in [1.54, 1.807) is 0 Å². The van der Waals surface area contributed by atoms with Crippen molar-refractivity contribution in [3.63, 3.8) is 0 Å². The van der Waals surface area contributed by atoms with Crippen LogP contribution in [0.4, 0.5) is 5.82 Å². The van der Waals surface area contributed by atoms with E-state index in [0.717, 1.165) is 11.8 Å². The Labute approximate surface area is 66.4 Å². The van der Waals surface area contributed by atoms with Crippen LogP contribution in [0.5, 0.6) is 0 Å². The first-order chi connectivity index (χ1) is 5.27. The van der Waals surface area contributed by atoms with Crippen molar-refractivity contribution < 1.29 is 0 Å². The third-order valence-corrected chi connectivity index (χ3v) is 2.35. The van der Waals surface area contributed by atoms with E-state index in [0.29, 0.717) is 5.82 Å². The number of rotatable bonds is 1. The number of aromatic nitrogens is 1. The van der Waals surface area contributed by atoms with Gasteiger partial charge in [0.05, 0.1) is 0 Å². The van der Waals surface area contributed by atoms with E-state index in [9.17, 15) is 0 Å². The molecule has 1 heterocycles. The number of hydrogen-bond acceptors (Lipinski definition) is 2. The lowest BCUT2D eigenvalue weighted by Gasteiger charge is -1.96. The van der Waals surface area contributed by atoms with Gasteiger partial charge in [0.15, 0.2) is 0 Å². The molecule has 1 aliphatic rings. The monoisotopic (exact) mass is 148 g/mol. The topological polar surface area (TPSA) is 38.9 Å². The lowest BCUT2D eigenvalue weighted by atomic mass is 10.1. The minimum atomic E-state index is 0.613. The number of nitrogen functional groups attached to an aromatic ring is 1. The standard InChI is InChI=1S/C9H12N2/c1-6-4-8(6)7-2-3-9(10)11-5-7/h2-3,5-6,8H,4H2,1H3,(H2,10,11). The first-order valence-electron chi connectivity index (χ1n) is 3.99. The second kappa shape index (κ2) is 2.22. The van der Waals surface area contributed by atoms with E-state index in [-0.39, 0.29) is 0 Å². The Balaban J connectivity index is 2.21. The van der Waals surface area contributed by atoms with Gasteiger partial charge in [-0.2, -0.15) is 0 Å². The number of nitrogens with two attached hydrogens (primary N) is 1. The maximum Gasteiger partial charge on any atom is 0.123 e. The van der Waals surface area contributed by atoms with Gasteiger partial charge in [-0.1, -0.05) is 13.0 Å². The molecule has 2 nitrogen and oxygen atoms in total. The van der Waals surface area contributed by atoms with E-state index in [1.165, 1.54) is 12.0 Å². The maximum atomic E-state index is 5.47. The summed E-state index contributed by atoms with van der Waals surface area (Å²) in [5.41, 5.74) is 6.81. The van der Waals surface area contributed by atoms with Crippen molar-refractivity contribution in [3.8, 4) is 0 Å². The fourth-order valence-electron chi connectivity index (χ4n) is 1.42. The smallest absolute Gasteiger partial charge is 0.123 e. The summed E-state index contributed by atoms with van der Waals surface area (Å²) in [5, 5.41) is 0. The van der Waals surface area contributed by atoms with Gasteiger partial charge in [0.1, 0.15) is 5.82 Å². The Kier molecular flexibility index (Phi) is 1.34. The molecule has 1 aromatic heterocycles. The van der Waals surface area contributed by atoms with Crippen LogP contribution in [-0.4, -0.2) is 4.98 Å². The zero-order valence-electron chi connectivity index (χ0n) is 6.62. The second-order valence-electron chi connectivity index (χ2n) is 3.34. The largest absolute Gasteiger partial charge is 0.384 e. The third kappa shape index (κ3) is 1.20. The number of nitrogens with zero attached hydrogens (tertiary/aromatic N) is 1. The minimum Gasteiger partial charge on any atom is -0.384 e. The molecule has 0 aromatic carbocycles. The predicted molar refractivity (Wildman–Crippen MR) is 45.2 cm³/mol.